The van der Waals surface area contributed by atoms with E-state index in [1.807, 2.05) is 0 Å². The lowest BCUT2D eigenvalue weighted by atomic mass is 10.2. The first-order valence-electron chi connectivity index (χ1n) is 5.74. The second-order valence-electron chi connectivity index (χ2n) is 4.18. The number of aromatic nitrogens is 2. The summed E-state index contributed by atoms with van der Waals surface area (Å²) in [5.41, 5.74) is 5.63. The quantitative estimate of drug-likeness (QED) is 0.794. The van der Waals surface area contributed by atoms with Crippen molar-refractivity contribution < 1.29 is 9.42 Å². The largest absolute Gasteiger partial charge is 0.379 e. The Labute approximate surface area is 99.4 Å². The summed E-state index contributed by atoms with van der Waals surface area (Å²) >= 11 is 0. The van der Waals surface area contributed by atoms with Gasteiger partial charge in [0.15, 0.2) is 0 Å². The normalized spacial score (nSPS) is 16.0. The van der Waals surface area contributed by atoms with E-state index in [0.717, 1.165) is 25.7 Å². The Kier molecular flexibility index (Phi) is 3.41. The van der Waals surface area contributed by atoms with Crippen molar-refractivity contribution in [2.75, 3.05) is 12.3 Å². The molecule has 1 amide bonds. The van der Waals surface area contributed by atoms with E-state index in [-0.39, 0.29) is 23.5 Å². The number of hydrogen-bond donors (Lipinski definition) is 1. The van der Waals surface area contributed by atoms with Crippen molar-refractivity contribution in [1.82, 2.24) is 15.2 Å². The van der Waals surface area contributed by atoms with Gasteiger partial charge in [-0.25, -0.2) is 4.63 Å². The maximum Gasteiger partial charge on any atom is 0.280 e. The van der Waals surface area contributed by atoms with Crippen molar-refractivity contribution in [1.29, 1.82) is 0 Å². The summed E-state index contributed by atoms with van der Waals surface area (Å²) in [6, 6.07) is 0.247. The van der Waals surface area contributed by atoms with Crippen LogP contribution in [0, 0.1) is 0 Å². The van der Waals surface area contributed by atoms with E-state index in [4.69, 9.17) is 5.73 Å². The number of rotatable bonds is 4. The highest BCUT2D eigenvalue weighted by Gasteiger charge is 2.29. The third-order valence-electron chi connectivity index (χ3n) is 3.07. The molecule has 1 saturated carbocycles. The van der Waals surface area contributed by atoms with Crippen LogP contribution >= 0.6 is 0 Å². The molecule has 0 aromatic carbocycles. The molecule has 0 spiro atoms. The van der Waals surface area contributed by atoms with Crippen LogP contribution in [0.4, 0.5) is 5.82 Å². The zero-order valence-corrected chi connectivity index (χ0v) is 9.63. The van der Waals surface area contributed by atoms with Crippen LogP contribution in [0.25, 0.3) is 0 Å². The van der Waals surface area contributed by atoms with Gasteiger partial charge in [-0.1, -0.05) is 18.9 Å². The summed E-state index contributed by atoms with van der Waals surface area (Å²) in [4.78, 5) is 14.0. The molecule has 1 aliphatic rings. The number of hydrogen-bond acceptors (Lipinski definition) is 5. The summed E-state index contributed by atoms with van der Waals surface area (Å²) in [7, 11) is 0. The lowest BCUT2D eigenvalue weighted by molar-refractivity contribution is 0.0696. The van der Waals surface area contributed by atoms with Crippen LogP contribution in [0.1, 0.15) is 36.2 Å². The van der Waals surface area contributed by atoms with Crippen LogP contribution in [0.2, 0.25) is 0 Å². The van der Waals surface area contributed by atoms with Gasteiger partial charge in [0, 0.05) is 12.6 Å². The molecule has 0 saturated heterocycles. The number of nitrogens with zero attached hydrogens (tertiary/aromatic N) is 3. The molecule has 0 radical (unpaired) electrons. The number of amides is 1. The molecule has 1 fully saturated rings. The molecule has 0 aliphatic heterocycles. The Morgan fingerprint density at radius 3 is 2.76 bits per heavy atom. The highest BCUT2D eigenvalue weighted by molar-refractivity contribution is 5.96. The molecular formula is C11H16N4O2. The van der Waals surface area contributed by atoms with Crippen molar-refractivity contribution in [3.05, 3.63) is 18.3 Å². The van der Waals surface area contributed by atoms with Crippen molar-refractivity contribution in [3.8, 4) is 0 Å². The molecule has 1 aliphatic carbocycles. The molecule has 1 aromatic heterocycles. The Bertz CT molecular complexity index is 409. The van der Waals surface area contributed by atoms with Crippen molar-refractivity contribution in [3.63, 3.8) is 0 Å². The third-order valence-corrected chi connectivity index (χ3v) is 3.07. The first-order chi connectivity index (χ1) is 8.24. The van der Waals surface area contributed by atoms with E-state index in [2.05, 4.69) is 21.5 Å². The lowest BCUT2D eigenvalue weighted by Crippen LogP contribution is -2.39. The summed E-state index contributed by atoms with van der Waals surface area (Å²) in [6.07, 6.45) is 6.05. The summed E-state index contributed by atoms with van der Waals surface area (Å²) in [5.74, 6) is -0.183. The average molecular weight is 236 g/mol. The number of carbonyl (C=O) groups is 1. The monoisotopic (exact) mass is 236 g/mol. The van der Waals surface area contributed by atoms with Crippen LogP contribution in [-0.4, -0.2) is 33.7 Å². The summed E-state index contributed by atoms with van der Waals surface area (Å²) in [5, 5.41) is 6.98. The molecular weight excluding hydrogens is 220 g/mol. The van der Waals surface area contributed by atoms with Gasteiger partial charge in [0.1, 0.15) is 0 Å². The average Bonchev–Trinajstić information content (AvgIpc) is 2.95. The third kappa shape index (κ3) is 2.30. The van der Waals surface area contributed by atoms with Crippen LogP contribution < -0.4 is 5.73 Å². The Hall–Kier alpha value is -1.85. The van der Waals surface area contributed by atoms with E-state index in [9.17, 15) is 4.79 Å². The molecule has 17 heavy (non-hydrogen) atoms. The lowest BCUT2D eigenvalue weighted by Gasteiger charge is -2.26. The van der Waals surface area contributed by atoms with Gasteiger partial charge in [0.25, 0.3) is 5.91 Å². The molecule has 0 bridgehead atoms. The van der Waals surface area contributed by atoms with Crippen molar-refractivity contribution >= 4 is 11.7 Å². The molecule has 92 valence electrons. The molecule has 1 heterocycles. The van der Waals surface area contributed by atoms with Gasteiger partial charge in [0.05, 0.1) is 0 Å². The highest BCUT2D eigenvalue weighted by Crippen LogP contribution is 2.25. The van der Waals surface area contributed by atoms with E-state index in [1.54, 1.807) is 11.0 Å². The molecule has 2 rings (SSSR count). The van der Waals surface area contributed by atoms with Crippen LogP contribution in [0.5, 0.6) is 0 Å². The topological polar surface area (TPSA) is 85.2 Å². The molecule has 1 aromatic rings. The van der Waals surface area contributed by atoms with Crippen LogP contribution in [0.3, 0.4) is 0 Å². The van der Waals surface area contributed by atoms with Gasteiger partial charge < -0.3 is 10.6 Å². The second-order valence-corrected chi connectivity index (χ2v) is 4.18. The SMILES string of the molecule is C=CCN(C(=O)c1nonc1N)C1CCCC1. The summed E-state index contributed by atoms with van der Waals surface area (Å²) < 4.78 is 4.46. The molecule has 6 nitrogen and oxygen atoms in total. The van der Waals surface area contributed by atoms with Gasteiger partial charge in [-0.05, 0) is 23.2 Å². The molecule has 0 unspecified atom stereocenters. The summed E-state index contributed by atoms with van der Waals surface area (Å²) in [6.45, 7) is 4.17. The first kappa shape index (κ1) is 11.6. The Balaban J connectivity index is 2.18. The first-order valence-corrected chi connectivity index (χ1v) is 5.74. The van der Waals surface area contributed by atoms with Gasteiger partial charge in [-0.2, -0.15) is 0 Å². The predicted molar refractivity (Wildman–Crippen MR) is 62.2 cm³/mol. The minimum absolute atomic E-state index is 0.0436. The van der Waals surface area contributed by atoms with Crippen LogP contribution in [-0.2, 0) is 0 Å². The smallest absolute Gasteiger partial charge is 0.280 e. The second kappa shape index (κ2) is 4.99. The van der Waals surface area contributed by atoms with Gasteiger partial charge in [-0.3, -0.25) is 4.79 Å². The minimum Gasteiger partial charge on any atom is -0.379 e. The molecule has 6 heteroatoms. The number of nitrogen functional groups attached to an aromatic ring is 1. The van der Waals surface area contributed by atoms with Gasteiger partial charge in [-0.15, -0.1) is 6.58 Å². The van der Waals surface area contributed by atoms with E-state index < -0.39 is 0 Å². The maximum atomic E-state index is 12.2. The van der Waals surface area contributed by atoms with Crippen molar-refractivity contribution in [2.45, 2.75) is 31.7 Å². The Morgan fingerprint density at radius 2 is 2.24 bits per heavy atom. The zero-order chi connectivity index (χ0) is 12.3. The zero-order valence-electron chi connectivity index (χ0n) is 9.63. The van der Waals surface area contributed by atoms with Crippen molar-refractivity contribution in [2.24, 2.45) is 0 Å². The fourth-order valence-electron chi connectivity index (χ4n) is 2.23. The van der Waals surface area contributed by atoms with Gasteiger partial charge >= 0.3 is 0 Å². The maximum absolute atomic E-state index is 12.2. The number of nitrogens with two attached hydrogens (primary N) is 1. The standard InChI is InChI=1S/C11H16N4O2/c1-2-7-15(8-5-3-4-6-8)11(16)9-10(12)14-17-13-9/h2,8H,1,3-7H2,(H2,12,14). The Morgan fingerprint density at radius 1 is 1.53 bits per heavy atom. The fourth-order valence-corrected chi connectivity index (χ4v) is 2.23. The fraction of sp³-hybridized carbons (Fsp3) is 0.545. The van der Waals surface area contributed by atoms with E-state index >= 15 is 0 Å². The van der Waals surface area contributed by atoms with E-state index in [0.29, 0.717) is 6.54 Å². The number of carbonyl (C=O) groups excluding carboxylic acids is 1. The minimum atomic E-state index is -0.226. The number of anilines is 1. The predicted octanol–water partition coefficient (Wildman–Crippen LogP) is 1.22. The van der Waals surface area contributed by atoms with Crippen LogP contribution in [0.15, 0.2) is 17.3 Å². The van der Waals surface area contributed by atoms with Gasteiger partial charge in [0.2, 0.25) is 11.5 Å². The molecule has 2 N–H and O–H groups in total. The molecule has 0 atom stereocenters. The highest BCUT2D eigenvalue weighted by atomic mass is 16.6. The van der Waals surface area contributed by atoms with E-state index in [1.165, 1.54) is 0 Å².